The summed E-state index contributed by atoms with van der Waals surface area (Å²) >= 11 is 1.56. The van der Waals surface area contributed by atoms with E-state index >= 15 is 0 Å². The third-order valence-electron chi connectivity index (χ3n) is 8.55. The number of hydrogen-bond donors (Lipinski definition) is 6. The Morgan fingerprint density at radius 2 is 1.95 bits per heavy atom. The fraction of sp³-hybridized carbons (Fsp3) is 0.310. The Labute approximate surface area is 238 Å². The number of anilines is 1. The van der Waals surface area contributed by atoms with Crippen LogP contribution in [-0.2, 0) is 9.59 Å². The first-order valence-electron chi connectivity index (χ1n) is 13.1. The number of oxazole rings is 1. The Bertz CT molecular complexity index is 1680. The van der Waals surface area contributed by atoms with Gasteiger partial charge in [0.1, 0.15) is 22.6 Å². The van der Waals surface area contributed by atoms with Crippen molar-refractivity contribution in [1.29, 1.82) is 0 Å². The molecule has 0 saturated carbocycles. The number of aliphatic hydroxyl groups is 3. The van der Waals surface area contributed by atoms with E-state index in [1.165, 1.54) is 13.4 Å². The number of carbonyl (C=O) groups excluding carboxylic acids is 3. The molecule has 3 aliphatic carbocycles. The maximum atomic E-state index is 14.3. The number of fused-ring (bicyclic) bond motifs is 5. The molecule has 0 radical (unpaired) electrons. The zero-order chi connectivity index (χ0) is 29.2. The van der Waals surface area contributed by atoms with E-state index in [4.69, 9.17) is 10.2 Å². The predicted octanol–water partition coefficient (Wildman–Crippen LogP) is 2.59. The van der Waals surface area contributed by atoms with E-state index in [9.17, 15) is 29.7 Å². The van der Waals surface area contributed by atoms with Gasteiger partial charge in [-0.05, 0) is 43.1 Å². The number of ketones is 2. The topological polar surface area (TPSA) is 188 Å². The van der Waals surface area contributed by atoms with Gasteiger partial charge >= 0.3 is 0 Å². The quantitative estimate of drug-likeness (QED) is 0.187. The summed E-state index contributed by atoms with van der Waals surface area (Å²) in [6.45, 7) is 0. The zero-order valence-corrected chi connectivity index (χ0v) is 23.0. The van der Waals surface area contributed by atoms with E-state index in [2.05, 4.69) is 15.6 Å². The molecule has 12 heteroatoms. The van der Waals surface area contributed by atoms with Crippen LogP contribution < -0.4 is 16.4 Å². The third-order valence-corrected chi connectivity index (χ3v) is 9.68. The highest BCUT2D eigenvalue weighted by Gasteiger charge is 2.63. The number of carbonyl (C=O) groups is 3. The summed E-state index contributed by atoms with van der Waals surface area (Å²) in [5, 5.41) is 40.5. The number of likely N-dealkylation sites (N-methyl/N-ethyl adjacent to an activating group) is 1. The van der Waals surface area contributed by atoms with E-state index in [0.29, 0.717) is 22.5 Å². The lowest BCUT2D eigenvalue weighted by atomic mass is 9.56. The minimum atomic E-state index is -2.67. The number of hydrogen-bond acceptors (Lipinski definition) is 11. The maximum Gasteiger partial charge on any atom is 0.255 e. The first kappa shape index (κ1) is 27.1. The van der Waals surface area contributed by atoms with Crippen LogP contribution in [0.25, 0.3) is 11.1 Å². The summed E-state index contributed by atoms with van der Waals surface area (Å²) in [6.07, 6.45) is 1.26. The molecule has 0 unspecified atom stereocenters. The molecule has 1 amide bonds. The molecule has 6 rings (SSSR count). The van der Waals surface area contributed by atoms with Crippen LogP contribution in [0.1, 0.15) is 28.3 Å². The van der Waals surface area contributed by atoms with Crippen LogP contribution in [0.3, 0.4) is 0 Å². The van der Waals surface area contributed by atoms with E-state index in [1.807, 2.05) is 30.3 Å². The minimum absolute atomic E-state index is 0.0338. The molecule has 1 aromatic heterocycles. The summed E-state index contributed by atoms with van der Waals surface area (Å²) in [5.41, 5.74) is 3.97. The standard InChI is InChI=1S/C29H28N4O7S/c1-31-16-9-17-25(40-11-33-17)20-18(16)14(10-41-12-6-4-3-5-7-12)13-8-15-22(32-2)24(35)21(28(30)38)27(37)29(15,39)26(36)19(13)23(20)34/h3-7,9,11,13-15,22,31-32,35-36,39H,8,10H2,1-2H3,(H2,30,38)/t13-,14-,15+,22+,29+/m1/s1. The Balaban J connectivity index is 1.60. The number of aromatic nitrogens is 1. The second-order valence-corrected chi connectivity index (χ2v) is 11.5. The molecule has 5 atom stereocenters. The Kier molecular flexibility index (Phi) is 6.44. The molecule has 1 heterocycles. The largest absolute Gasteiger partial charge is 0.510 e. The van der Waals surface area contributed by atoms with Crippen molar-refractivity contribution in [2.24, 2.45) is 17.6 Å². The van der Waals surface area contributed by atoms with Gasteiger partial charge in [0, 0.05) is 40.8 Å². The normalized spacial score (nSPS) is 27.5. The van der Waals surface area contributed by atoms with E-state index in [0.717, 1.165) is 4.90 Å². The molecule has 212 valence electrons. The molecule has 11 nitrogen and oxygen atoms in total. The molecule has 7 N–H and O–H groups in total. The Morgan fingerprint density at radius 1 is 1.22 bits per heavy atom. The van der Waals surface area contributed by atoms with Crippen LogP contribution in [0.5, 0.6) is 0 Å². The highest BCUT2D eigenvalue weighted by atomic mass is 32.2. The van der Waals surface area contributed by atoms with Crippen molar-refractivity contribution in [3.8, 4) is 0 Å². The monoisotopic (exact) mass is 576 g/mol. The smallest absolute Gasteiger partial charge is 0.255 e. The lowest BCUT2D eigenvalue weighted by molar-refractivity contribution is -0.146. The molecule has 2 aromatic carbocycles. The fourth-order valence-corrected chi connectivity index (χ4v) is 7.83. The van der Waals surface area contributed by atoms with Gasteiger partial charge in [0.05, 0.1) is 11.6 Å². The molecule has 41 heavy (non-hydrogen) atoms. The van der Waals surface area contributed by atoms with Crippen molar-refractivity contribution in [3.63, 3.8) is 0 Å². The molecule has 3 aromatic rings. The SMILES string of the molecule is CNc1cc2ncoc2c2c1[C@H](CSc1ccccc1)[C@H]1C[C@H]3[C@H](NC)C(O)=C(C(N)=O)C(=O)[C@@]3(O)C(O)=C1C2=O. The van der Waals surface area contributed by atoms with Gasteiger partial charge in [-0.2, -0.15) is 0 Å². The summed E-state index contributed by atoms with van der Waals surface area (Å²) < 4.78 is 5.65. The third kappa shape index (κ3) is 3.74. The van der Waals surface area contributed by atoms with Crippen molar-refractivity contribution < 1.29 is 34.1 Å². The number of thioether (sulfide) groups is 1. The summed E-state index contributed by atoms with van der Waals surface area (Å²) in [6, 6.07) is 10.4. The highest BCUT2D eigenvalue weighted by Crippen LogP contribution is 2.56. The van der Waals surface area contributed by atoms with Crippen LogP contribution >= 0.6 is 11.8 Å². The Hall–Kier alpha value is -4.13. The predicted molar refractivity (Wildman–Crippen MR) is 151 cm³/mol. The van der Waals surface area contributed by atoms with Gasteiger partial charge in [-0.25, -0.2) is 4.98 Å². The number of nitrogens with zero attached hydrogens (tertiary/aromatic N) is 1. The number of Topliss-reactive ketones (excluding diaryl/α,β-unsaturated/α-hetero) is 2. The molecular formula is C29H28N4O7S. The van der Waals surface area contributed by atoms with Crippen molar-refractivity contribution >= 4 is 46.0 Å². The number of rotatable bonds is 6. The van der Waals surface area contributed by atoms with Gasteiger partial charge in [-0.1, -0.05) is 18.2 Å². The van der Waals surface area contributed by atoms with Crippen molar-refractivity contribution in [3.05, 3.63) is 76.6 Å². The van der Waals surface area contributed by atoms with Gasteiger partial charge in [-0.3, -0.25) is 14.4 Å². The van der Waals surface area contributed by atoms with Crippen LogP contribution in [0.2, 0.25) is 0 Å². The fourth-order valence-electron chi connectivity index (χ4n) is 6.71. The first-order chi connectivity index (χ1) is 19.6. The van der Waals surface area contributed by atoms with Crippen molar-refractivity contribution in [2.75, 3.05) is 25.2 Å². The Morgan fingerprint density at radius 3 is 2.61 bits per heavy atom. The molecule has 0 fully saturated rings. The number of nitrogens with one attached hydrogen (secondary N) is 2. The number of benzene rings is 2. The van der Waals surface area contributed by atoms with Gasteiger partial charge in [0.25, 0.3) is 5.91 Å². The second-order valence-electron chi connectivity index (χ2n) is 10.4. The summed E-state index contributed by atoms with van der Waals surface area (Å²) in [7, 11) is 3.23. The number of aliphatic hydroxyl groups excluding tert-OH is 2. The average Bonchev–Trinajstić information content (AvgIpc) is 3.43. The minimum Gasteiger partial charge on any atom is -0.510 e. The van der Waals surface area contributed by atoms with Crippen LogP contribution in [-0.4, -0.2) is 69.3 Å². The number of allylic oxidation sites excluding steroid dienone is 1. The average molecular weight is 577 g/mol. The second kappa shape index (κ2) is 9.75. The van der Waals surface area contributed by atoms with Gasteiger partial charge in [-0.15, -0.1) is 11.8 Å². The molecule has 0 aliphatic heterocycles. The molecular weight excluding hydrogens is 548 g/mol. The highest BCUT2D eigenvalue weighted by molar-refractivity contribution is 7.99. The summed E-state index contributed by atoms with van der Waals surface area (Å²) in [5.74, 6) is -6.25. The van der Waals surface area contributed by atoms with Crippen LogP contribution in [0, 0.1) is 11.8 Å². The molecule has 0 spiro atoms. The van der Waals surface area contributed by atoms with Crippen LogP contribution in [0.15, 0.2) is 74.8 Å². The van der Waals surface area contributed by atoms with Crippen LogP contribution in [0.4, 0.5) is 5.69 Å². The lowest BCUT2D eigenvalue weighted by Gasteiger charge is -2.50. The van der Waals surface area contributed by atoms with E-state index in [-0.39, 0.29) is 23.1 Å². The molecule has 0 bridgehead atoms. The van der Waals surface area contributed by atoms with Crippen molar-refractivity contribution in [1.82, 2.24) is 10.3 Å². The van der Waals surface area contributed by atoms with Gasteiger partial charge in [0.15, 0.2) is 23.4 Å². The zero-order valence-electron chi connectivity index (χ0n) is 22.2. The van der Waals surface area contributed by atoms with Gasteiger partial charge < -0.3 is 36.1 Å². The number of nitrogens with two attached hydrogens (primary N) is 1. The van der Waals surface area contributed by atoms with Crippen molar-refractivity contribution in [2.45, 2.75) is 28.9 Å². The number of primary amides is 1. The number of amides is 1. The molecule has 3 aliphatic rings. The molecule has 0 saturated heterocycles. The van der Waals surface area contributed by atoms with Gasteiger partial charge in [0.2, 0.25) is 5.78 Å². The maximum absolute atomic E-state index is 14.3. The lowest BCUT2D eigenvalue weighted by Crippen LogP contribution is -2.64. The van der Waals surface area contributed by atoms with E-state index in [1.54, 1.807) is 24.9 Å². The van der Waals surface area contributed by atoms with E-state index < -0.39 is 64.0 Å². The first-order valence-corrected chi connectivity index (χ1v) is 14.0. The summed E-state index contributed by atoms with van der Waals surface area (Å²) in [4.78, 5) is 45.2.